The van der Waals surface area contributed by atoms with E-state index in [1.54, 1.807) is 4.90 Å². The fourth-order valence-corrected chi connectivity index (χ4v) is 4.13. The molecule has 0 fully saturated rings. The summed E-state index contributed by atoms with van der Waals surface area (Å²) >= 11 is 0.971. The molecule has 1 aliphatic heterocycles. The summed E-state index contributed by atoms with van der Waals surface area (Å²) in [4.78, 5) is 42.4. The average Bonchev–Trinajstić information content (AvgIpc) is 3.08. The molecule has 4 rings (SSSR count). The Kier molecular flexibility index (Phi) is 4.20. The molecule has 1 N–H and O–H groups in total. The summed E-state index contributed by atoms with van der Waals surface area (Å²) in [5, 5.41) is 0. The average molecular weight is 370 g/mol. The quantitative estimate of drug-likeness (QED) is 0.761. The summed E-state index contributed by atoms with van der Waals surface area (Å²) in [6, 6.07) is 8.05. The third-order valence-electron chi connectivity index (χ3n) is 4.68. The van der Waals surface area contributed by atoms with E-state index >= 15 is 0 Å². The predicted octanol–water partition coefficient (Wildman–Crippen LogP) is 1.75. The second-order valence-corrected chi connectivity index (χ2v) is 7.14. The van der Waals surface area contributed by atoms with Gasteiger partial charge in [0, 0.05) is 19.6 Å². The molecule has 1 amide bonds. The minimum Gasteiger partial charge on any atom is -0.333 e. The molecule has 3 aromatic rings. The van der Waals surface area contributed by atoms with E-state index < -0.39 is 11.2 Å². The fourth-order valence-electron chi connectivity index (χ4n) is 3.33. The molecule has 0 spiro atoms. The molecule has 0 unspecified atom stereocenters. The Labute approximate surface area is 153 Å². The van der Waals surface area contributed by atoms with Crippen molar-refractivity contribution in [1.82, 2.24) is 18.8 Å². The fraction of sp³-hybridized carbons (Fsp3) is 0.333. The molecule has 1 aliphatic rings. The predicted molar refractivity (Wildman–Crippen MR) is 99.7 cm³/mol. The highest BCUT2D eigenvalue weighted by molar-refractivity contribution is 7.09. The molecule has 0 radical (unpaired) electrons. The molecule has 1 aromatic carbocycles. The van der Waals surface area contributed by atoms with Crippen LogP contribution in [-0.2, 0) is 19.5 Å². The van der Waals surface area contributed by atoms with Gasteiger partial charge in [-0.15, -0.1) is 0 Å². The molecular formula is C18H18N4O3S. The molecule has 0 bridgehead atoms. The SMILES string of the molecule is CCCn1c(=O)[nH]c2c(C(=O)N3CCc4ccccc4C3)snc2c1=O. The molecule has 3 heterocycles. The van der Waals surface area contributed by atoms with Crippen molar-refractivity contribution >= 4 is 28.5 Å². The first kappa shape index (κ1) is 16.7. The Morgan fingerprint density at radius 2 is 2.04 bits per heavy atom. The van der Waals surface area contributed by atoms with E-state index in [9.17, 15) is 14.4 Å². The molecule has 0 saturated heterocycles. The van der Waals surface area contributed by atoms with Gasteiger partial charge in [0.25, 0.3) is 11.5 Å². The molecule has 2 aromatic heterocycles. The van der Waals surface area contributed by atoms with Gasteiger partial charge >= 0.3 is 5.69 Å². The summed E-state index contributed by atoms with van der Waals surface area (Å²) in [6.45, 7) is 3.34. The highest BCUT2D eigenvalue weighted by Crippen LogP contribution is 2.24. The number of rotatable bonds is 3. The highest BCUT2D eigenvalue weighted by atomic mass is 32.1. The maximum Gasteiger partial charge on any atom is 0.328 e. The van der Waals surface area contributed by atoms with Crippen LogP contribution in [-0.4, -0.2) is 31.3 Å². The maximum absolute atomic E-state index is 13.0. The van der Waals surface area contributed by atoms with Crippen LogP contribution in [0.15, 0.2) is 33.9 Å². The van der Waals surface area contributed by atoms with Crippen molar-refractivity contribution in [1.29, 1.82) is 0 Å². The number of fused-ring (bicyclic) bond motifs is 2. The van der Waals surface area contributed by atoms with Crippen molar-refractivity contribution in [3.05, 3.63) is 61.1 Å². The van der Waals surface area contributed by atoms with Crippen LogP contribution in [0, 0.1) is 0 Å². The van der Waals surface area contributed by atoms with Gasteiger partial charge in [-0.3, -0.25) is 14.2 Å². The zero-order valence-corrected chi connectivity index (χ0v) is 15.1. The number of aromatic amines is 1. The summed E-state index contributed by atoms with van der Waals surface area (Å²) in [6.07, 6.45) is 1.45. The Bertz CT molecular complexity index is 1110. The second-order valence-electron chi connectivity index (χ2n) is 6.37. The van der Waals surface area contributed by atoms with Crippen LogP contribution in [0.1, 0.15) is 34.1 Å². The highest BCUT2D eigenvalue weighted by Gasteiger charge is 2.26. The van der Waals surface area contributed by atoms with E-state index in [2.05, 4.69) is 15.4 Å². The molecule has 0 atom stereocenters. The summed E-state index contributed by atoms with van der Waals surface area (Å²) in [7, 11) is 0. The summed E-state index contributed by atoms with van der Waals surface area (Å²) < 4.78 is 5.29. The largest absolute Gasteiger partial charge is 0.333 e. The number of nitrogens with zero attached hydrogens (tertiary/aromatic N) is 3. The van der Waals surface area contributed by atoms with Gasteiger partial charge in [0.1, 0.15) is 4.88 Å². The van der Waals surface area contributed by atoms with Crippen LogP contribution >= 0.6 is 11.5 Å². The van der Waals surface area contributed by atoms with Crippen LogP contribution < -0.4 is 11.2 Å². The standard InChI is InChI=1S/C18H18N4O3S/c1-2-8-22-16(23)14-13(19-18(22)25)15(26-20-14)17(24)21-9-7-11-5-3-4-6-12(11)10-21/h3-6H,2,7-10H2,1H3,(H,19,25). The van der Waals surface area contributed by atoms with Crippen molar-refractivity contribution in [2.75, 3.05) is 6.54 Å². The van der Waals surface area contributed by atoms with Crippen molar-refractivity contribution < 1.29 is 4.79 Å². The first-order chi connectivity index (χ1) is 12.6. The Morgan fingerprint density at radius 1 is 1.27 bits per heavy atom. The van der Waals surface area contributed by atoms with Gasteiger partial charge in [-0.2, -0.15) is 4.37 Å². The molecule has 0 saturated carbocycles. The van der Waals surface area contributed by atoms with E-state index in [4.69, 9.17) is 0 Å². The van der Waals surface area contributed by atoms with E-state index in [0.717, 1.165) is 28.1 Å². The lowest BCUT2D eigenvalue weighted by Crippen LogP contribution is -2.37. The zero-order chi connectivity index (χ0) is 18.3. The number of hydrogen-bond acceptors (Lipinski definition) is 5. The number of nitrogens with one attached hydrogen (secondary N) is 1. The molecule has 134 valence electrons. The van der Waals surface area contributed by atoms with E-state index in [1.807, 2.05) is 25.1 Å². The number of aromatic nitrogens is 3. The number of carbonyl (C=O) groups is 1. The van der Waals surface area contributed by atoms with Crippen LogP contribution in [0.2, 0.25) is 0 Å². The van der Waals surface area contributed by atoms with Gasteiger partial charge in [0.05, 0.1) is 5.52 Å². The van der Waals surface area contributed by atoms with Crippen molar-refractivity contribution in [3.8, 4) is 0 Å². The van der Waals surface area contributed by atoms with Crippen molar-refractivity contribution in [2.24, 2.45) is 0 Å². The molecule has 0 aliphatic carbocycles. The second kappa shape index (κ2) is 6.53. The molecule has 26 heavy (non-hydrogen) atoms. The topological polar surface area (TPSA) is 88.1 Å². The lowest BCUT2D eigenvalue weighted by Gasteiger charge is -2.28. The smallest absolute Gasteiger partial charge is 0.328 e. The Hall–Kier alpha value is -2.74. The molecular weight excluding hydrogens is 352 g/mol. The van der Waals surface area contributed by atoms with Gasteiger partial charge in [-0.25, -0.2) is 4.79 Å². The van der Waals surface area contributed by atoms with Crippen LogP contribution in [0.3, 0.4) is 0 Å². The third-order valence-corrected chi connectivity index (χ3v) is 5.51. The normalized spacial score (nSPS) is 13.8. The molecule has 8 heteroatoms. The zero-order valence-electron chi connectivity index (χ0n) is 14.3. The lowest BCUT2D eigenvalue weighted by atomic mass is 10.00. The van der Waals surface area contributed by atoms with E-state index in [1.165, 1.54) is 5.56 Å². The summed E-state index contributed by atoms with van der Waals surface area (Å²) in [5.74, 6) is -0.199. The van der Waals surface area contributed by atoms with E-state index in [0.29, 0.717) is 30.9 Å². The maximum atomic E-state index is 13.0. The van der Waals surface area contributed by atoms with Gasteiger partial charge in [-0.05, 0) is 35.5 Å². The van der Waals surface area contributed by atoms with Crippen LogP contribution in [0.25, 0.3) is 11.0 Å². The van der Waals surface area contributed by atoms with Gasteiger partial charge in [-0.1, -0.05) is 31.2 Å². The first-order valence-electron chi connectivity index (χ1n) is 8.58. The van der Waals surface area contributed by atoms with Crippen LogP contribution in [0.4, 0.5) is 0 Å². The minimum absolute atomic E-state index is 0.156. The summed E-state index contributed by atoms with van der Waals surface area (Å²) in [5.41, 5.74) is 1.85. The monoisotopic (exact) mass is 370 g/mol. The van der Waals surface area contributed by atoms with Gasteiger partial charge in [0.15, 0.2) is 5.52 Å². The number of carbonyl (C=O) groups excluding carboxylic acids is 1. The Balaban J connectivity index is 1.73. The number of benzene rings is 1. The molecule has 7 nitrogen and oxygen atoms in total. The first-order valence-corrected chi connectivity index (χ1v) is 9.36. The Morgan fingerprint density at radius 3 is 2.81 bits per heavy atom. The minimum atomic E-state index is -0.498. The third kappa shape index (κ3) is 2.66. The number of hydrogen-bond donors (Lipinski definition) is 1. The lowest BCUT2D eigenvalue weighted by molar-refractivity contribution is 0.0741. The number of H-pyrrole nitrogens is 1. The van der Waals surface area contributed by atoms with Crippen LogP contribution in [0.5, 0.6) is 0 Å². The number of amides is 1. The van der Waals surface area contributed by atoms with E-state index in [-0.39, 0.29) is 16.9 Å². The van der Waals surface area contributed by atoms with Gasteiger partial charge in [0.2, 0.25) is 0 Å². The van der Waals surface area contributed by atoms with Gasteiger partial charge < -0.3 is 9.88 Å². The van der Waals surface area contributed by atoms with Crippen molar-refractivity contribution in [2.45, 2.75) is 32.9 Å². The van der Waals surface area contributed by atoms with Crippen molar-refractivity contribution in [3.63, 3.8) is 0 Å².